The SMILES string of the molecule is CCCCCNCC(O)COC(Cc1cccs1)C(=O)c1ccccc1. The Labute approximate surface area is 160 Å². The summed E-state index contributed by atoms with van der Waals surface area (Å²) in [5.41, 5.74) is 0.640. The van der Waals surface area contributed by atoms with E-state index in [0.717, 1.165) is 17.8 Å². The van der Waals surface area contributed by atoms with Gasteiger partial charge < -0.3 is 15.2 Å². The van der Waals surface area contributed by atoms with Gasteiger partial charge in [-0.3, -0.25) is 4.79 Å². The summed E-state index contributed by atoms with van der Waals surface area (Å²) in [6.45, 7) is 3.69. The average Bonchev–Trinajstić information content (AvgIpc) is 3.18. The van der Waals surface area contributed by atoms with Crippen molar-refractivity contribution in [1.82, 2.24) is 5.32 Å². The molecule has 1 aromatic heterocycles. The van der Waals surface area contributed by atoms with E-state index in [4.69, 9.17) is 4.74 Å². The largest absolute Gasteiger partial charge is 0.389 e. The van der Waals surface area contributed by atoms with Crippen molar-refractivity contribution >= 4 is 17.1 Å². The van der Waals surface area contributed by atoms with Gasteiger partial charge in [0.25, 0.3) is 0 Å². The second-order valence-electron chi connectivity index (χ2n) is 6.40. The fourth-order valence-corrected chi connectivity index (χ4v) is 3.42. The molecule has 4 nitrogen and oxygen atoms in total. The van der Waals surface area contributed by atoms with Crippen LogP contribution in [0.5, 0.6) is 0 Å². The van der Waals surface area contributed by atoms with Crippen LogP contribution in [0.4, 0.5) is 0 Å². The quantitative estimate of drug-likeness (QED) is 0.414. The zero-order valence-corrected chi connectivity index (χ0v) is 16.2. The van der Waals surface area contributed by atoms with Gasteiger partial charge in [0, 0.05) is 23.4 Å². The van der Waals surface area contributed by atoms with Crippen molar-refractivity contribution in [2.45, 2.75) is 44.8 Å². The van der Waals surface area contributed by atoms with Crippen LogP contribution in [0.3, 0.4) is 0 Å². The van der Waals surface area contributed by atoms with Gasteiger partial charge >= 0.3 is 0 Å². The number of Topliss-reactive ketones (excluding diaryl/α,β-unsaturated/α-hetero) is 1. The molecule has 1 heterocycles. The molecule has 0 aliphatic carbocycles. The van der Waals surface area contributed by atoms with Crippen LogP contribution < -0.4 is 5.32 Å². The summed E-state index contributed by atoms with van der Waals surface area (Å²) in [6.07, 6.45) is 2.81. The molecule has 1 aromatic carbocycles. The predicted molar refractivity (Wildman–Crippen MR) is 107 cm³/mol. The molecule has 0 saturated carbocycles. The number of ketones is 1. The van der Waals surface area contributed by atoms with E-state index in [-0.39, 0.29) is 12.4 Å². The smallest absolute Gasteiger partial charge is 0.191 e. The summed E-state index contributed by atoms with van der Waals surface area (Å²) >= 11 is 1.61. The Morgan fingerprint density at radius 2 is 2.00 bits per heavy atom. The molecule has 26 heavy (non-hydrogen) atoms. The second kappa shape index (κ2) is 12.0. The highest BCUT2D eigenvalue weighted by Crippen LogP contribution is 2.16. The van der Waals surface area contributed by atoms with E-state index in [2.05, 4.69) is 12.2 Å². The van der Waals surface area contributed by atoms with E-state index < -0.39 is 12.2 Å². The Morgan fingerprint density at radius 1 is 1.19 bits per heavy atom. The number of rotatable bonds is 13. The third-order valence-electron chi connectivity index (χ3n) is 4.14. The highest BCUT2D eigenvalue weighted by molar-refractivity contribution is 7.09. The summed E-state index contributed by atoms with van der Waals surface area (Å²) < 4.78 is 5.84. The number of nitrogens with one attached hydrogen (secondary N) is 1. The zero-order chi connectivity index (χ0) is 18.6. The lowest BCUT2D eigenvalue weighted by Gasteiger charge is -2.19. The standard InChI is InChI=1S/C21H29NO3S/c1-2-3-7-12-22-15-18(23)16-25-20(14-19-11-8-13-26-19)21(24)17-9-5-4-6-10-17/h4-6,8-11,13,18,20,22-23H,2-3,7,12,14-16H2,1H3. The Balaban J connectivity index is 1.86. The number of aliphatic hydroxyl groups is 1. The van der Waals surface area contributed by atoms with Crippen molar-refractivity contribution in [2.24, 2.45) is 0 Å². The Kier molecular flexibility index (Phi) is 9.56. The molecule has 142 valence electrons. The van der Waals surface area contributed by atoms with Crippen LogP contribution in [0.2, 0.25) is 0 Å². The summed E-state index contributed by atoms with van der Waals surface area (Å²) in [6, 6.07) is 13.2. The van der Waals surface area contributed by atoms with Crippen molar-refractivity contribution in [3.05, 3.63) is 58.3 Å². The number of unbranched alkanes of at least 4 members (excludes halogenated alkanes) is 2. The van der Waals surface area contributed by atoms with Crippen LogP contribution in [-0.2, 0) is 11.2 Å². The van der Waals surface area contributed by atoms with E-state index in [1.165, 1.54) is 12.8 Å². The van der Waals surface area contributed by atoms with E-state index in [1.54, 1.807) is 23.5 Å². The van der Waals surface area contributed by atoms with Gasteiger partial charge in [-0.2, -0.15) is 0 Å². The maximum atomic E-state index is 12.8. The molecule has 2 atom stereocenters. The fraction of sp³-hybridized carbons (Fsp3) is 0.476. The molecule has 0 amide bonds. The number of ether oxygens (including phenoxy) is 1. The number of carbonyl (C=O) groups excluding carboxylic acids is 1. The lowest BCUT2D eigenvalue weighted by Crippen LogP contribution is -2.35. The van der Waals surface area contributed by atoms with Crippen LogP contribution in [0.1, 0.15) is 41.4 Å². The average molecular weight is 376 g/mol. The second-order valence-corrected chi connectivity index (χ2v) is 7.43. The minimum Gasteiger partial charge on any atom is -0.389 e. The molecule has 0 spiro atoms. The zero-order valence-electron chi connectivity index (χ0n) is 15.4. The monoisotopic (exact) mass is 375 g/mol. The molecular formula is C21H29NO3S. The fourth-order valence-electron chi connectivity index (χ4n) is 2.68. The van der Waals surface area contributed by atoms with Crippen molar-refractivity contribution < 1.29 is 14.6 Å². The van der Waals surface area contributed by atoms with E-state index in [9.17, 15) is 9.90 Å². The molecule has 2 aromatic rings. The molecule has 0 aliphatic rings. The maximum absolute atomic E-state index is 12.8. The molecule has 0 fully saturated rings. The first-order valence-corrected chi connectivity index (χ1v) is 10.2. The van der Waals surface area contributed by atoms with Crippen LogP contribution in [0.15, 0.2) is 47.8 Å². The molecule has 2 N–H and O–H groups in total. The summed E-state index contributed by atoms with van der Waals surface area (Å²) in [5, 5.41) is 15.4. The lowest BCUT2D eigenvalue weighted by molar-refractivity contribution is -0.00141. The highest BCUT2D eigenvalue weighted by atomic mass is 32.1. The van der Waals surface area contributed by atoms with E-state index in [0.29, 0.717) is 18.5 Å². The van der Waals surface area contributed by atoms with Gasteiger partial charge in [-0.1, -0.05) is 56.2 Å². The topological polar surface area (TPSA) is 58.6 Å². The molecule has 0 bridgehead atoms. The highest BCUT2D eigenvalue weighted by Gasteiger charge is 2.22. The van der Waals surface area contributed by atoms with E-state index >= 15 is 0 Å². The third kappa shape index (κ3) is 7.38. The van der Waals surface area contributed by atoms with Gasteiger partial charge in [0.2, 0.25) is 0 Å². The normalized spacial score (nSPS) is 13.5. The van der Waals surface area contributed by atoms with Crippen LogP contribution >= 0.6 is 11.3 Å². The first-order chi connectivity index (χ1) is 12.7. The number of hydrogen-bond acceptors (Lipinski definition) is 5. The minimum absolute atomic E-state index is 0.0397. The summed E-state index contributed by atoms with van der Waals surface area (Å²) in [4.78, 5) is 13.9. The molecule has 0 aliphatic heterocycles. The van der Waals surface area contributed by atoms with Crippen molar-refractivity contribution in [1.29, 1.82) is 0 Å². The number of hydrogen-bond donors (Lipinski definition) is 2. The molecule has 5 heteroatoms. The first-order valence-electron chi connectivity index (χ1n) is 9.32. The van der Waals surface area contributed by atoms with Gasteiger partial charge in [0.1, 0.15) is 6.10 Å². The van der Waals surface area contributed by atoms with E-state index in [1.807, 2.05) is 35.7 Å². The number of aliphatic hydroxyl groups excluding tert-OH is 1. The maximum Gasteiger partial charge on any atom is 0.191 e. The van der Waals surface area contributed by atoms with Gasteiger partial charge in [-0.15, -0.1) is 11.3 Å². The molecule has 2 rings (SSSR count). The minimum atomic E-state index is -0.619. The molecule has 2 unspecified atom stereocenters. The van der Waals surface area contributed by atoms with Gasteiger partial charge in [-0.25, -0.2) is 0 Å². The number of carbonyl (C=O) groups is 1. The van der Waals surface area contributed by atoms with Crippen LogP contribution in [0.25, 0.3) is 0 Å². The van der Waals surface area contributed by atoms with Crippen molar-refractivity contribution in [3.63, 3.8) is 0 Å². The Bertz CT molecular complexity index is 615. The molecule has 0 saturated heterocycles. The van der Waals surface area contributed by atoms with Crippen molar-refractivity contribution in [3.8, 4) is 0 Å². The van der Waals surface area contributed by atoms with Crippen LogP contribution in [0, 0.1) is 0 Å². The summed E-state index contributed by atoms with van der Waals surface area (Å²) in [5.74, 6) is -0.0397. The van der Waals surface area contributed by atoms with Gasteiger partial charge in [-0.05, 0) is 24.4 Å². The van der Waals surface area contributed by atoms with Crippen molar-refractivity contribution in [2.75, 3.05) is 19.7 Å². The molecule has 0 radical (unpaired) electrons. The van der Waals surface area contributed by atoms with Gasteiger partial charge in [0.15, 0.2) is 5.78 Å². The summed E-state index contributed by atoms with van der Waals surface area (Å²) in [7, 11) is 0. The lowest BCUT2D eigenvalue weighted by atomic mass is 10.0. The Hall–Kier alpha value is -1.53. The third-order valence-corrected chi connectivity index (χ3v) is 5.04. The molecular weight excluding hydrogens is 346 g/mol. The first kappa shape index (κ1) is 20.8. The number of thiophene rings is 1. The Morgan fingerprint density at radius 3 is 2.69 bits per heavy atom. The predicted octanol–water partition coefficient (Wildman–Crippen LogP) is 3.70. The van der Waals surface area contributed by atoms with Gasteiger partial charge in [0.05, 0.1) is 12.7 Å². The van der Waals surface area contributed by atoms with Crippen LogP contribution in [-0.4, -0.2) is 42.8 Å². The number of benzene rings is 1.